The van der Waals surface area contributed by atoms with Crippen molar-refractivity contribution < 1.29 is 4.79 Å². The van der Waals surface area contributed by atoms with Gasteiger partial charge in [0.05, 0.1) is 5.41 Å². The summed E-state index contributed by atoms with van der Waals surface area (Å²) >= 11 is 6.09. The second kappa shape index (κ2) is 10.4. The molecule has 2 aliphatic carbocycles. The van der Waals surface area contributed by atoms with Crippen molar-refractivity contribution in [1.82, 2.24) is 10.2 Å². The maximum atomic E-state index is 13.4. The highest BCUT2D eigenvalue weighted by atomic mass is 35.5. The molecular formula is C28H37ClN2O. The topological polar surface area (TPSA) is 32.3 Å². The lowest BCUT2D eigenvalue weighted by atomic mass is 9.75. The number of hydrogen-bond acceptors (Lipinski definition) is 2. The number of amides is 1. The molecule has 0 bridgehead atoms. The number of rotatable bonds is 7. The van der Waals surface area contributed by atoms with Gasteiger partial charge in [-0.2, -0.15) is 0 Å². The third kappa shape index (κ3) is 5.05. The molecule has 0 heterocycles. The van der Waals surface area contributed by atoms with E-state index in [0.29, 0.717) is 17.9 Å². The Hall–Kier alpha value is -1.84. The van der Waals surface area contributed by atoms with Crippen LogP contribution in [0.4, 0.5) is 0 Å². The van der Waals surface area contributed by atoms with Crippen molar-refractivity contribution in [2.45, 2.75) is 62.8 Å². The van der Waals surface area contributed by atoms with E-state index < -0.39 is 0 Å². The summed E-state index contributed by atoms with van der Waals surface area (Å²) in [7, 11) is 4.39. The lowest BCUT2D eigenvalue weighted by Crippen LogP contribution is -2.44. The molecule has 2 saturated carbocycles. The summed E-state index contributed by atoms with van der Waals surface area (Å²) in [5, 5.41) is 4.09. The first-order valence-corrected chi connectivity index (χ1v) is 12.6. The van der Waals surface area contributed by atoms with Gasteiger partial charge in [0.1, 0.15) is 0 Å². The summed E-state index contributed by atoms with van der Waals surface area (Å²) in [5.41, 5.74) is 2.17. The van der Waals surface area contributed by atoms with Crippen LogP contribution in [0, 0.1) is 11.8 Å². The van der Waals surface area contributed by atoms with Crippen LogP contribution in [0.2, 0.25) is 5.02 Å². The first-order chi connectivity index (χ1) is 15.5. The molecule has 4 heteroatoms. The van der Waals surface area contributed by atoms with Gasteiger partial charge in [0, 0.05) is 17.6 Å². The molecule has 2 aromatic rings. The van der Waals surface area contributed by atoms with E-state index in [0.717, 1.165) is 42.8 Å². The zero-order valence-corrected chi connectivity index (χ0v) is 20.3. The van der Waals surface area contributed by atoms with Crippen molar-refractivity contribution in [3.05, 3.63) is 70.7 Å². The van der Waals surface area contributed by atoms with Crippen LogP contribution < -0.4 is 5.32 Å². The summed E-state index contributed by atoms with van der Waals surface area (Å²) in [6.07, 6.45) is 8.94. The number of hydrogen-bond donors (Lipinski definition) is 1. The number of benzene rings is 2. The van der Waals surface area contributed by atoms with Gasteiger partial charge >= 0.3 is 0 Å². The molecule has 4 rings (SSSR count). The van der Waals surface area contributed by atoms with Gasteiger partial charge in [0.2, 0.25) is 5.91 Å². The zero-order chi connectivity index (χ0) is 22.6. The lowest BCUT2D eigenvalue weighted by Gasteiger charge is -2.38. The fourth-order valence-electron chi connectivity index (χ4n) is 6.15. The van der Waals surface area contributed by atoms with Crippen molar-refractivity contribution in [3.63, 3.8) is 0 Å². The quantitative estimate of drug-likeness (QED) is 0.528. The van der Waals surface area contributed by atoms with E-state index in [1.807, 2.05) is 24.3 Å². The molecule has 1 unspecified atom stereocenters. The van der Waals surface area contributed by atoms with E-state index in [1.54, 1.807) is 0 Å². The third-order valence-corrected chi connectivity index (χ3v) is 8.13. The van der Waals surface area contributed by atoms with Crippen LogP contribution in [0.3, 0.4) is 0 Å². The normalized spacial score (nSPS) is 23.8. The summed E-state index contributed by atoms with van der Waals surface area (Å²) in [4.78, 5) is 15.8. The molecule has 2 fully saturated rings. The summed E-state index contributed by atoms with van der Waals surface area (Å²) in [5.74, 6) is 1.47. The highest BCUT2D eigenvalue weighted by molar-refractivity contribution is 6.30. The molecular weight excluding hydrogens is 416 g/mol. The number of carbonyl (C=O) groups is 1. The van der Waals surface area contributed by atoms with E-state index in [-0.39, 0.29) is 11.3 Å². The molecule has 0 aliphatic heterocycles. The molecule has 172 valence electrons. The van der Waals surface area contributed by atoms with Gasteiger partial charge in [0.15, 0.2) is 0 Å². The zero-order valence-electron chi connectivity index (χ0n) is 19.5. The maximum Gasteiger partial charge on any atom is 0.230 e. The highest BCUT2D eigenvalue weighted by Crippen LogP contribution is 2.42. The van der Waals surface area contributed by atoms with E-state index >= 15 is 0 Å². The van der Waals surface area contributed by atoms with Gasteiger partial charge < -0.3 is 10.2 Å². The van der Waals surface area contributed by atoms with E-state index in [9.17, 15) is 4.79 Å². The Kier molecular flexibility index (Phi) is 7.58. The number of carbonyl (C=O) groups excluding carboxylic acids is 1. The molecule has 32 heavy (non-hydrogen) atoms. The molecule has 3 nitrogen and oxygen atoms in total. The second-order valence-electron chi connectivity index (χ2n) is 10.1. The monoisotopic (exact) mass is 452 g/mol. The largest absolute Gasteiger partial charge is 0.355 e. The third-order valence-electron chi connectivity index (χ3n) is 7.88. The SMILES string of the molecule is CN(C)C(c1ccccc1)C1CCC(CNC(=O)C2(c3ccc(Cl)cc3)CCCC2)CC1. The van der Waals surface area contributed by atoms with Crippen LogP contribution in [0.15, 0.2) is 54.6 Å². The van der Waals surface area contributed by atoms with Gasteiger partial charge in [-0.1, -0.05) is 66.9 Å². The first kappa shape index (κ1) is 23.3. The minimum absolute atomic E-state index is 0.217. The molecule has 2 aromatic carbocycles. The maximum absolute atomic E-state index is 13.4. The van der Waals surface area contributed by atoms with Crippen LogP contribution in [0.25, 0.3) is 0 Å². The average molecular weight is 453 g/mol. The molecule has 1 N–H and O–H groups in total. The van der Waals surface area contributed by atoms with Crippen molar-refractivity contribution >= 4 is 17.5 Å². The fraction of sp³-hybridized carbons (Fsp3) is 0.536. The van der Waals surface area contributed by atoms with Crippen LogP contribution >= 0.6 is 11.6 Å². The van der Waals surface area contributed by atoms with Crippen LogP contribution in [0.5, 0.6) is 0 Å². The predicted octanol–water partition coefficient (Wildman–Crippen LogP) is 6.38. The molecule has 2 aliphatic rings. The average Bonchev–Trinajstić information content (AvgIpc) is 3.31. The molecule has 0 spiro atoms. The van der Waals surface area contributed by atoms with Crippen LogP contribution in [-0.4, -0.2) is 31.4 Å². The highest BCUT2D eigenvalue weighted by Gasteiger charge is 2.42. The Bertz CT molecular complexity index is 866. The van der Waals surface area contributed by atoms with Crippen molar-refractivity contribution in [2.24, 2.45) is 11.8 Å². The summed E-state index contributed by atoms with van der Waals surface area (Å²) < 4.78 is 0. The lowest BCUT2D eigenvalue weighted by molar-refractivity contribution is -0.126. The van der Waals surface area contributed by atoms with E-state index in [2.05, 4.69) is 54.6 Å². The molecule has 0 radical (unpaired) electrons. The second-order valence-corrected chi connectivity index (χ2v) is 10.5. The Balaban J connectivity index is 1.34. The first-order valence-electron chi connectivity index (χ1n) is 12.3. The van der Waals surface area contributed by atoms with Crippen molar-refractivity contribution in [3.8, 4) is 0 Å². The summed E-state index contributed by atoms with van der Waals surface area (Å²) in [6.45, 7) is 0.804. The molecule has 0 aromatic heterocycles. The van der Waals surface area contributed by atoms with E-state index in [1.165, 1.54) is 31.2 Å². The van der Waals surface area contributed by atoms with Gasteiger partial charge in [-0.3, -0.25) is 4.79 Å². The molecule has 1 atom stereocenters. The van der Waals surface area contributed by atoms with Gasteiger partial charge in [-0.25, -0.2) is 0 Å². The Labute approximate surface area is 198 Å². The minimum Gasteiger partial charge on any atom is -0.355 e. The molecule has 0 saturated heterocycles. The molecule has 1 amide bonds. The Morgan fingerprint density at radius 2 is 1.62 bits per heavy atom. The predicted molar refractivity (Wildman–Crippen MR) is 133 cm³/mol. The number of nitrogens with zero attached hydrogens (tertiary/aromatic N) is 1. The minimum atomic E-state index is -0.370. The fourth-order valence-corrected chi connectivity index (χ4v) is 6.28. The van der Waals surface area contributed by atoms with Gasteiger partial charge in [-0.15, -0.1) is 0 Å². The van der Waals surface area contributed by atoms with Crippen molar-refractivity contribution in [2.75, 3.05) is 20.6 Å². The Morgan fingerprint density at radius 3 is 2.22 bits per heavy atom. The smallest absolute Gasteiger partial charge is 0.230 e. The summed E-state index contributed by atoms with van der Waals surface area (Å²) in [6, 6.07) is 19.3. The van der Waals surface area contributed by atoms with E-state index in [4.69, 9.17) is 11.6 Å². The Morgan fingerprint density at radius 1 is 1.00 bits per heavy atom. The number of nitrogens with one attached hydrogen (secondary N) is 1. The van der Waals surface area contributed by atoms with Gasteiger partial charge in [-0.05, 0) is 87.7 Å². The standard InChI is InChI=1S/C28H37ClN2O/c1-31(2)26(22-8-4-3-5-9-22)23-12-10-21(11-13-23)20-30-27(32)28(18-6-7-19-28)24-14-16-25(29)17-15-24/h3-5,8-9,14-17,21,23,26H,6-7,10-13,18-20H2,1-2H3,(H,30,32). The van der Waals surface area contributed by atoms with Crippen molar-refractivity contribution in [1.29, 1.82) is 0 Å². The van der Waals surface area contributed by atoms with Crippen LogP contribution in [-0.2, 0) is 10.2 Å². The number of halogens is 1. The van der Waals surface area contributed by atoms with Crippen LogP contribution in [0.1, 0.15) is 68.5 Å². The van der Waals surface area contributed by atoms with Gasteiger partial charge in [0.25, 0.3) is 0 Å².